The van der Waals surface area contributed by atoms with Crippen molar-refractivity contribution < 1.29 is 13.2 Å². The van der Waals surface area contributed by atoms with Gasteiger partial charge in [-0.15, -0.1) is 11.3 Å². The van der Waals surface area contributed by atoms with Crippen LogP contribution in [0.4, 0.5) is 0 Å². The zero-order chi connectivity index (χ0) is 13.5. The Hall–Kier alpha value is -0.960. The number of ether oxygens (including phenoxy) is 1. The summed E-state index contributed by atoms with van der Waals surface area (Å²) in [5.74, 6) is 0. The first-order valence-corrected chi connectivity index (χ1v) is 8.82. The molecule has 0 aromatic carbocycles. The second kappa shape index (κ2) is 4.86. The van der Waals surface area contributed by atoms with E-state index >= 15 is 0 Å². The van der Waals surface area contributed by atoms with E-state index in [-0.39, 0.29) is 6.10 Å². The molecule has 3 rings (SSSR count). The number of sulfonamides is 1. The molecule has 3 heterocycles. The van der Waals surface area contributed by atoms with E-state index in [4.69, 9.17) is 4.74 Å². The van der Waals surface area contributed by atoms with Gasteiger partial charge in [-0.25, -0.2) is 13.4 Å². The molecule has 0 unspecified atom stereocenters. The Kier molecular flexibility index (Phi) is 3.34. The fraction of sp³-hybridized carbons (Fsp3) is 0.364. The van der Waals surface area contributed by atoms with Gasteiger partial charge in [0.05, 0.1) is 13.1 Å². The summed E-state index contributed by atoms with van der Waals surface area (Å²) in [5.41, 5.74) is 0. The van der Waals surface area contributed by atoms with E-state index in [1.54, 1.807) is 12.3 Å². The standard InChI is InChI=1S/C11H12N2O3S3/c1-8-2-3-10(18-8)19(14,15)13-6-9(7-13)16-11-12-4-5-17-11/h2-5,9H,6-7H2,1H3. The van der Waals surface area contributed by atoms with Crippen molar-refractivity contribution >= 4 is 32.7 Å². The van der Waals surface area contributed by atoms with E-state index in [2.05, 4.69) is 4.98 Å². The maximum Gasteiger partial charge on any atom is 0.273 e. The highest BCUT2D eigenvalue weighted by Gasteiger charge is 2.39. The number of thiazole rings is 1. The summed E-state index contributed by atoms with van der Waals surface area (Å²) < 4.78 is 31.9. The van der Waals surface area contributed by atoms with Gasteiger partial charge in [0.25, 0.3) is 15.2 Å². The lowest BCUT2D eigenvalue weighted by Crippen LogP contribution is -2.55. The van der Waals surface area contributed by atoms with E-state index in [1.165, 1.54) is 27.0 Å². The van der Waals surface area contributed by atoms with Crippen molar-refractivity contribution in [2.24, 2.45) is 0 Å². The Labute approximate surface area is 119 Å². The average Bonchev–Trinajstić information content (AvgIpc) is 2.93. The summed E-state index contributed by atoms with van der Waals surface area (Å²) >= 11 is 2.71. The monoisotopic (exact) mass is 316 g/mol. The van der Waals surface area contributed by atoms with Crippen LogP contribution in [0.5, 0.6) is 5.19 Å². The quantitative estimate of drug-likeness (QED) is 0.865. The fourth-order valence-electron chi connectivity index (χ4n) is 1.76. The van der Waals surface area contributed by atoms with Crippen LogP contribution in [-0.4, -0.2) is 36.9 Å². The molecule has 19 heavy (non-hydrogen) atoms. The minimum absolute atomic E-state index is 0.0954. The Balaban J connectivity index is 1.64. The van der Waals surface area contributed by atoms with Gasteiger partial charge in [-0.3, -0.25) is 0 Å². The molecule has 0 N–H and O–H groups in total. The molecule has 0 atom stereocenters. The molecule has 0 aliphatic carbocycles. The van der Waals surface area contributed by atoms with Gasteiger partial charge in [-0.1, -0.05) is 11.3 Å². The molecule has 8 heteroatoms. The average molecular weight is 316 g/mol. The smallest absolute Gasteiger partial charge is 0.273 e. The molecular formula is C11H12N2O3S3. The van der Waals surface area contributed by atoms with Crippen molar-refractivity contribution in [3.63, 3.8) is 0 Å². The highest BCUT2D eigenvalue weighted by molar-refractivity contribution is 7.91. The van der Waals surface area contributed by atoms with E-state index in [1.807, 2.05) is 18.4 Å². The lowest BCUT2D eigenvalue weighted by atomic mass is 10.2. The van der Waals surface area contributed by atoms with Crippen molar-refractivity contribution in [3.8, 4) is 5.19 Å². The van der Waals surface area contributed by atoms with Crippen LogP contribution in [0, 0.1) is 6.92 Å². The Morgan fingerprint density at radius 1 is 1.42 bits per heavy atom. The SMILES string of the molecule is Cc1ccc(S(=O)(=O)N2CC(Oc3nccs3)C2)s1. The number of nitrogens with zero attached hydrogens (tertiary/aromatic N) is 2. The van der Waals surface area contributed by atoms with Gasteiger partial charge in [0.15, 0.2) is 0 Å². The summed E-state index contributed by atoms with van der Waals surface area (Å²) in [6.45, 7) is 2.67. The van der Waals surface area contributed by atoms with Crippen LogP contribution < -0.4 is 4.74 Å². The highest BCUT2D eigenvalue weighted by Crippen LogP contribution is 2.29. The van der Waals surface area contributed by atoms with Gasteiger partial charge >= 0.3 is 0 Å². The fourth-order valence-corrected chi connectivity index (χ4v) is 5.25. The highest BCUT2D eigenvalue weighted by atomic mass is 32.2. The molecule has 5 nitrogen and oxygen atoms in total. The van der Waals surface area contributed by atoms with Crippen molar-refractivity contribution in [1.29, 1.82) is 0 Å². The van der Waals surface area contributed by atoms with Crippen LogP contribution in [0.3, 0.4) is 0 Å². The molecule has 0 amide bonds. The number of rotatable bonds is 4. The molecule has 0 spiro atoms. The Morgan fingerprint density at radius 3 is 2.79 bits per heavy atom. The van der Waals surface area contributed by atoms with Crippen LogP contribution >= 0.6 is 22.7 Å². The lowest BCUT2D eigenvalue weighted by Gasteiger charge is -2.36. The van der Waals surface area contributed by atoms with Gasteiger partial charge in [0.1, 0.15) is 10.3 Å². The first-order chi connectivity index (χ1) is 9.05. The molecule has 0 saturated carbocycles. The first-order valence-electron chi connectivity index (χ1n) is 5.68. The molecule has 102 valence electrons. The number of hydrogen-bond acceptors (Lipinski definition) is 6. The molecule has 1 saturated heterocycles. The maximum absolute atomic E-state index is 12.2. The molecule has 0 radical (unpaired) electrons. The summed E-state index contributed by atoms with van der Waals surface area (Å²) in [6.07, 6.45) is 1.57. The topological polar surface area (TPSA) is 59.5 Å². The van der Waals surface area contributed by atoms with E-state index < -0.39 is 10.0 Å². The lowest BCUT2D eigenvalue weighted by molar-refractivity contribution is 0.0761. The molecule has 1 aliphatic heterocycles. The second-order valence-electron chi connectivity index (χ2n) is 4.22. The second-order valence-corrected chi connectivity index (χ2v) is 8.53. The first kappa shape index (κ1) is 13.0. The van der Waals surface area contributed by atoms with Crippen molar-refractivity contribution in [3.05, 3.63) is 28.6 Å². The summed E-state index contributed by atoms with van der Waals surface area (Å²) in [5, 5.41) is 2.42. The van der Waals surface area contributed by atoms with Gasteiger partial charge < -0.3 is 4.74 Å². The Morgan fingerprint density at radius 2 is 2.21 bits per heavy atom. The minimum atomic E-state index is -3.34. The van der Waals surface area contributed by atoms with Gasteiger partial charge in [-0.2, -0.15) is 4.31 Å². The molecular weight excluding hydrogens is 304 g/mol. The van der Waals surface area contributed by atoms with Crippen LogP contribution in [0.25, 0.3) is 0 Å². The van der Waals surface area contributed by atoms with Crippen molar-refractivity contribution in [1.82, 2.24) is 9.29 Å². The largest absolute Gasteiger partial charge is 0.464 e. The molecule has 0 bridgehead atoms. The maximum atomic E-state index is 12.2. The number of hydrogen-bond donors (Lipinski definition) is 0. The number of aromatic nitrogens is 1. The predicted molar refractivity (Wildman–Crippen MR) is 74.3 cm³/mol. The summed E-state index contributed by atoms with van der Waals surface area (Å²) in [7, 11) is -3.34. The molecule has 2 aromatic rings. The normalized spacial score (nSPS) is 17.3. The van der Waals surface area contributed by atoms with E-state index in [0.29, 0.717) is 22.5 Å². The van der Waals surface area contributed by atoms with Crippen LogP contribution in [-0.2, 0) is 10.0 Å². The third kappa shape index (κ3) is 2.53. The molecule has 2 aromatic heterocycles. The minimum Gasteiger partial charge on any atom is -0.464 e. The van der Waals surface area contributed by atoms with Gasteiger partial charge in [0.2, 0.25) is 0 Å². The van der Waals surface area contributed by atoms with E-state index in [0.717, 1.165) is 4.88 Å². The molecule has 1 aliphatic rings. The predicted octanol–water partition coefficient (Wildman–Crippen LogP) is 1.96. The third-order valence-corrected chi connectivity index (χ3v) is 6.76. The zero-order valence-electron chi connectivity index (χ0n) is 10.1. The summed E-state index contributed by atoms with van der Waals surface area (Å²) in [6, 6.07) is 3.48. The van der Waals surface area contributed by atoms with Gasteiger partial charge in [-0.05, 0) is 19.1 Å². The van der Waals surface area contributed by atoms with Crippen molar-refractivity contribution in [2.75, 3.05) is 13.1 Å². The van der Waals surface area contributed by atoms with E-state index in [9.17, 15) is 8.42 Å². The number of aryl methyl sites for hydroxylation is 1. The zero-order valence-corrected chi connectivity index (χ0v) is 12.6. The number of thiophene rings is 1. The van der Waals surface area contributed by atoms with Crippen LogP contribution in [0.1, 0.15) is 4.88 Å². The van der Waals surface area contributed by atoms with Gasteiger partial charge in [0, 0.05) is 16.5 Å². The Bertz CT molecular complexity index is 657. The molecule has 1 fully saturated rings. The van der Waals surface area contributed by atoms with Crippen molar-refractivity contribution in [2.45, 2.75) is 17.2 Å². The van der Waals surface area contributed by atoms with Crippen LogP contribution in [0.2, 0.25) is 0 Å². The third-order valence-electron chi connectivity index (χ3n) is 2.80. The van der Waals surface area contributed by atoms with Crippen LogP contribution in [0.15, 0.2) is 27.9 Å². The summed E-state index contributed by atoms with van der Waals surface area (Å²) in [4.78, 5) is 5.01.